The van der Waals surface area contributed by atoms with Crippen LogP contribution in [0.4, 0.5) is 14.5 Å². The molecule has 36 heavy (non-hydrogen) atoms. The molecule has 182 valence electrons. The van der Waals surface area contributed by atoms with Crippen molar-refractivity contribution in [1.82, 2.24) is 5.01 Å². The van der Waals surface area contributed by atoms with Gasteiger partial charge in [0.15, 0.2) is 5.17 Å². The van der Waals surface area contributed by atoms with Crippen LogP contribution in [-0.2, 0) is 9.59 Å². The minimum absolute atomic E-state index is 0.124. The van der Waals surface area contributed by atoms with Crippen LogP contribution >= 0.6 is 23.4 Å². The molecule has 5 rings (SSSR count). The normalized spacial score (nSPS) is 19.3. The molecule has 10 heteroatoms. The van der Waals surface area contributed by atoms with Crippen molar-refractivity contribution in [3.63, 3.8) is 0 Å². The smallest absolute Gasteiger partial charge is 0.262 e. The first-order valence-electron chi connectivity index (χ1n) is 11.1. The monoisotopic (exact) mass is 524 g/mol. The highest BCUT2D eigenvalue weighted by Gasteiger charge is 2.39. The summed E-state index contributed by atoms with van der Waals surface area (Å²) in [5.74, 6) is -1.68. The maximum Gasteiger partial charge on any atom is 0.262 e. The molecule has 6 nitrogen and oxygen atoms in total. The zero-order chi connectivity index (χ0) is 25.2. The molecular weight excluding hydrogens is 506 g/mol. The summed E-state index contributed by atoms with van der Waals surface area (Å²) in [5.41, 5.74) is 2.72. The van der Waals surface area contributed by atoms with Crippen LogP contribution in [0, 0.1) is 11.6 Å². The summed E-state index contributed by atoms with van der Waals surface area (Å²) in [7, 11) is 0. The van der Waals surface area contributed by atoms with Crippen molar-refractivity contribution in [3.05, 3.63) is 101 Å². The molecule has 2 aliphatic heterocycles. The van der Waals surface area contributed by atoms with Gasteiger partial charge in [0.1, 0.15) is 16.9 Å². The Hall–Kier alpha value is -3.56. The molecule has 1 N–H and O–H groups in total. The zero-order valence-corrected chi connectivity index (χ0v) is 20.3. The molecule has 2 amide bonds. The van der Waals surface area contributed by atoms with E-state index in [1.165, 1.54) is 30.3 Å². The van der Waals surface area contributed by atoms with Crippen LogP contribution in [0.15, 0.2) is 82.9 Å². The van der Waals surface area contributed by atoms with Crippen molar-refractivity contribution in [2.24, 2.45) is 10.1 Å². The second-order valence-electron chi connectivity index (χ2n) is 8.27. The molecule has 2 atom stereocenters. The predicted molar refractivity (Wildman–Crippen MR) is 137 cm³/mol. The third-order valence-corrected chi connectivity index (χ3v) is 7.14. The van der Waals surface area contributed by atoms with E-state index in [9.17, 15) is 18.4 Å². The van der Waals surface area contributed by atoms with Crippen LogP contribution in [0.1, 0.15) is 30.0 Å². The lowest BCUT2D eigenvalue weighted by molar-refractivity contribution is -0.121. The second-order valence-corrected chi connectivity index (χ2v) is 9.88. The Labute approximate surface area is 215 Å². The van der Waals surface area contributed by atoms with Gasteiger partial charge in [0, 0.05) is 23.6 Å². The van der Waals surface area contributed by atoms with Gasteiger partial charge >= 0.3 is 0 Å². The Morgan fingerprint density at radius 2 is 1.81 bits per heavy atom. The largest absolute Gasteiger partial charge is 0.326 e. The fourth-order valence-corrected chi connectivity index (χ4v) is 5.19. The highest BCUT2D eigenvalue weighted by atomic mass is 35.5. The van der Waals surface area contributed by atoms with Gasteiger partial charge in [-0.1, -0.05) is 53.7 Å². The third kappa shape index (κ3) is 5.32. The Bertz CT molecular complexity index is 1380. The van der Waals surface area contributed by atoms with Crippen molar-refractivity contribution >= 4 is 51.7 Å². The molecule has 0 spiro atoms. The first-order chi connectivity index (χ1) is 17.4. The fourth-order valence-electron chi connectivity index (χ4n) is 4.00. The average Bonchev–Trinajstić information content (AvgIpc) is 3.44. The van der Waals surface area contributed by atoms with Crippen molar-refractivity contribution in [1.29, 1.82) is 0 Å². The quantitative estimate of drug-likeness (QED) is 0.458. The minimum Gasteiger partial charge on any atom is -0.326 e. The van der Waals surface area contributed by atoms with E-state index in [0.717, 1.165) is 28.6 Å². The Morgan fingerprint density at radius 1 is 1.06 bits per heavy atom. The van der Waals surface area contributed by atoms with E-state index in [4.69, 9.17) is 16.7 Å². The molecule has 0 aliphatic carbocycles. The average molecular weight is 525 g/mol. The number of halogens is 3. The summed E-state index contributed by atoms with van der Waals surface area (Å²) in [6.07, 6.45) is 0.382. The van der Waals surface area contributed by atoms with Crippen molar-refractivity contribution < 1.29 is 18.4 Å². The van der Waals surface area contributed by atoms with Gasteiger partial charge in [-0.05, 0) is 53.6 Å². The Balaban J connectivity index is 1.35. The summed E-state index contributed by atoms with van der Waals surface area (Å²) in [6.45, 7) is 0. The molecule has 3 aromatic rings. The van der Waals surface area contributed by atoms with E-state index in [1.807, 2.05) is 12.1 Å². The van der Waals surface area contributed by atoms with Crippen molar-refractivity contribution in [2.45, 2.75) is 24.1 Å². The van der Waals surface area contributed by atoms with Gasteiger partial charge < -0.3 is 5.32 Å². The van der Waals surface area contributed by atoms with Crippen LogP contribution in [0.5, 0.6) is 0 Å². The van der Waals surface area contributed by atoms with Gasteiger partial charge in [0.05, 0.1) is 11.8 Å². The number of carbonyl (C=O) groups is 2. The van der Waals surface area contributed by atoms with Gasteiger partial charge in [0.25, 0.3) is 5.91 Å². The number of amides is 2. The number of thioether (sulfide) groups is 1. The van der Waals surface area contributed by atoms with Gasteiger partial charge in [-0.25, -0.2) is 13.8 Å². The third-order valence-electron chi connectivity index (χ3n) is 5.75. The van der Waals surface area contributed by atoms with Gasteiger partial charge in [-0.2, -0.15) is 10.1 Å². The number of aliphatic imine (C=N–C) groups is 1. The first-order valence-corrected chi connectivity index (χ1v) is 12.3. The maximum atomic E-state index is 13.4. The predicted octanol–water partition coefficient (Wildman–Crippen LogP) is 5.80. The lowest BCUT2D eigenvalue weighted by Crippen LogP contribution is -2.25. The molecule has 0 aromatic heterocycles. The lowest BCUT2D eigenvalue weighted by Gasteiger charge is -2.23. The fraction of sp³-hybridized carbons (Fsp3) is 0.154. The second kappa shape index (κ2) is 10.2. The van der Waals surface area contributed by atoms with E-state index in [0.29, 0.717) is 22.3 Å². The first kappa shape index (κ1) is 24.1. The van der Waals surface area contributed by atoms with Gasteiger partial charge in [0.2, 0.25) is 5.91 Å². The number of hydrogen-bond donors (Lipinski definition) is 1. The van der Waals surface area contributed by atoms with Gasteiger partial charge in [-0.15, -0.1) is 0 Å². The van der Waals surface area contributed by atoms with E-state index < -0.39 is 22.9 Å². The standard InChI is InChI=1S/C26H19ClF2N4O2S/c27-17-8-4-16(5-9-17)22-13-21(15-6-10-18(28)11-7-15)32-33(22)26-31-25(35)23(36-26)14-24(34)30-20-3-1-2-19(29)12-20/h1-12,22-23H,13-14H2,(H,30,34)/t22-,23+/m1/s1. The molecule has 3 aromatic carbocycles. The highest BCUT2D eigenvalue weighted by molar-refractivity contribution is 8.15. The van der Waals surface area contributed by atoms with E-state index >= 15 is 0 Å². The number of amidine groups is 1. The Morgan fingerprint density at radius 3 is 2.53 bits per heavy atom. The van der Waals surface area contributed by atoms with Gasteiger partial charge in [-0.3, -0.25) is 9.59 Å². The number of nitrogens with one attached hydrogen (secondary N) is 1. The van der Waals surface area contributed by atoms with Crippen LogP contribution in [0.2, 0.25) is 5.02 Å². The molecule has 2 heterocycles. The van der Waals surface area contributed by atoms with Crippen LogP contribution in [0.3, 0.4) is 0 Å². The Kier molecular flexibility index (Phi) is 6.84. The number of carbonyl (C=O) groups excluding carboxylic acids is 2. The molecule has 0 saturated heterocycles. The summed E-state index contributed by atoms with van der Waals surface area (Å²) in [4.78, 5) is 29.4. The van der Waals surface area contributed by atoms with E-state index in [1.54, 1.807) is 35.3 Å². The number of hydrazone groups is 1. The van der Waals surface area contributed by atoms with Crippen LogP contribution < -0.4 is 5.32 Å². The molecule has 0 saturated carbocycles. The molecule has 0 fully saturated rings. The summed E-state index contributed by atoms with van der Waals surface area (Å²) in [6, 6.07) is 18.7. The van der Waals surface area contributed by atoms with Crippen LogP contribution in [0.25, 0.3) is 0 Å². The molecule has 0 unspecified atom stereocenters. The summed E-state index contributed by atoms with van der Waals surface area (Å²) >= 11 is 7.22. The van der Waals surface area contributed by atoms with E-state index in [-0.39, 0.29) is 18.3 Å². The van der Waals surface area contributed by atoms with Crippen molar-refractivity contribution in [2.75, 3.05) is 5.32 Å². The number of rotatable bonds is 5. The number of anilines is 1. The van der Waals surface area contributed by atoms with Crippen molar-refractivity contribution in [3.8, 4) is 0 Å². The molecular formula is C26H19ClF2N4O2S. The topological polar surface area (TPSA) is 74.1 Å². The van der Waals surface area contributed by atoms with E-state index in [2.05, 4.69) is 10.3 Å². The molecule has 0 radical (unpaired) electrons. The maximum absolute atomic E-state index is 13.4. The minimum atomic E-state index is -0.732. The number of nitrogens with zero attached hydrogens (tertiary/aromatic N) is 3. The molecule has 0 bridgehead atoms. The number of benzene rings is 3. The van der Waals surface area contributed by atoms with Crippen LogP contribution in [-0.4, -0.2) is 33.0 Å². The summed E-state index contributed by atoms with van der Waals surface area (Å²) < 4.78 is 26.9. The highest BCUT2D eigenvalue weighted by Crippen LogP contribution is 2.39. The molecule has 2 aliphatic rings. The zero-order valence-electron chi connectivity index (χ0n) is 18.7. The number of hydrogen-bond acceptors (Lipinski definition) is 5. The lowest BCUT2D eigenvalue weighted by atomic mass is 9.99. The summed E-state index contributed by atoms with van der Waals surface area (Å²) in [5, 5.41) is 9.24. The SMILES string of the molecule is O=C(C[C@@H]1SC(N2N=C(c3ccc(F)cc3)C[C@@H]2c2ccc(Cl)cc2)=NC1=O)Nc1cccc(F)c1.